The van der Waals surface area contributed by atoms with E-state index < -0.39 is 0 Å². The number of nitrogens with one attached hydrogen (secondary N) is 2. The van der Waals surface area contributed by atoms with Crippen LogP contribution in [-0.4, -0.2) is 24.1 Å². The van der Waals surface area contributed by atoms with Crippen molar-refractivity contribution >= 4 is 11.6 Å². The molecule has 4 nitrogen and oxygen atoms in total. The fourth-order valence-electron chi connectivity index (χ4n) is 1.45. The average molecular weight is 236 g/mol. The van der Waals surface area contributed by atoms with Crippen molar-refractivity contribution in [2.24, 2.45) is 5.92 Å². The quantitative estimate of drug-likeness (QED) is 0.684. The molecule has 1 atom stereocenters. The van der Waals surface area contributed by atoms with Crippen LogP contribution in [0.15, 0.2) is 18.2 Å². The molecule has 0 aromatic heterocycles. The molecule has 0 saturated carbocycles. The average Bonchev–Trinajstić information content (AvgIpc) is 2.30. The van der Waals surface area contributed by atoms with Crippen molar-refractivity contribution in [2.75, 3.05) is 18.4 Å². The van der Waals surface area contributed by atoms with E-state index in [1.807, 2.05) is 13.8 Å². The molecule has 1 rings (SSSR count). The van der Waals surface area contributed by atoms with E-state index >= 15 is 0 Å². The van der Waals surface area contributed by atoms with Gasteiger partial charge in [0.2, 0.25) is 5.91 Å². The van der Waals surface area contributed by atoms with Crippen LogP contribution < -0.4 is 10.6 Å². The normalized spacial score (nSPS) is 12.2. The molecule has 0 saturated heterocycles. The minimum atomic E-state index is -0.0796. The number of hydrogen-bond acceptors (Lipinski definition) is 3. The number of anilines is 1. The Morgan fingerprint density at radius 3 is 2.76 bits per heavy atom. The molecule has 3 N–H and O–H groups in total. The van der Waals surface area contributed by atoms with Gasteiger partial charge in [-0.3, -0.25) is 4.79 Å². The van der Waals surface area contributed by atoms with Crippen LogP contribution in [0.4, 0.5) is 5.69 Å². The third-order valence-corrected chi connectivity index (χ3v) is 2.61. The van der Waals surface area contributed by atoms with E-state index in [0.29, 0.717) is 12.2 Å². The fourth-order valence-corrected chi connectivity index (χ4v) is 1.45. The number of amides is 1. The molecule has 4 heteroatoms. The highest BCUT2D eigenvalue weighted by molar-refractivity contribution is 5.92. The highest BCUT2D eigenvalue weighted by atomic mass is 16.3. The molecule has 0 aliphatic rings. The summed E-state index contributed by atoms with van der Waals surface area (Å²) in [6, 6.07) is 5.04. The van der Waals surface area contributed by atoms with Gasteiger partial charge in [0.1, 0.15) is 5.75 Å². The molecule has 1 aromatic rings. The molecule has 0 heterocycles. The van der Waals surface area contributed by atoms with Gasteiger partial charge >= 0.3 is 0 Å². The molecule has 0 aliphatic carbocycles. The van der Waals surface area contributed by atoms with Crippen LogP contribution >= 0.6 is 0 Å². The predicted octanol–water partition coefficient (Wildman–Crippen LogP) is 1.88. The zero-order chi connectivity index (χ0) is 12.8. The molecular weight excluding hydrogens is 216 g/mol. The van der Waals surface area contributed by atoms with E-state index in [-0.39, 0.29) is 17.6 Å². The Hall–Kier alpha value is -1.55. The number of rotatable bonds is 5. The second-order valence-corrected chi connectivity index (χ2v) is 4.20. The van der Waals surface area contributed by atoms with E-state index in [0.717, 1.165) is 12.1 Å². The Morgan fingerprint density at radius 1 is 1.47 bits per heavy atom. The van der Waals surface area contributed by atoms with Crippen molar-refractivity contribution in [3.05, 3.63) is 23.8 Å². The van der Waals surface area contributed by atoms with Crippen molar-refractivity contribution in [3.8, 4) is 5.75 Å². The van der Waals surface area contributed by atoms with E-state index in [1.165, 1.54) is 0 Å². The van der Waals surface area contributed by atoms with Crippen molar-refractivity contribution < 1.29 is 9.90 Å². The minimum Gasteiger partial charge on any atom is -0.508 e. The van der Waals surface area contributed by atoms with Gasteiger partial charge in [-0.2, -0.15) is 0 Å². The lowest BCUT2D eigenvalue weighted by Crippen LogP contribution is -2.30. The van der Waals surface area contributed by atoms with Gasteiger partial charge < -0.3 is 15.7 Å². The maximum absolute atomic E-state index is 11.8. The van der Waals surface area contributed by atoms with Crippen molar-refractivity contribution in [1.29, 1.82) is 0 Å². The topological polar surface area (TPSA) is 61.4 Å². The molecule has 0 spiro atoms. The summed E-state index contributed by atoms with van der Waals surface area (Å²) in [5, 5.41) is 15.3. The maximum Gasteiger partial charge on any atom is 0.228 e. The van der Waals surface area contributed by atoms with E-state index in [9.17, 15) is 9.90 Å². The van der Waals surface area contributed by atoms with Crippen LogP contribution in [0.25, 0.3) is 0 Å². The van der Waals surface area contributed by atoms with Crippen molar-refractivity contribution in [3.63, 3.8) is 0 Å². The number of hydrogen-bond donors (Lipinski definition) is 3. The van der Waals surface area contributed by atoms with E-state index in [2.05, 4.69) is 10.6 Å². The minimum absolute atomic E-state index is 0.0176. The van der Waals surface area contributed by atoms with Crippen molar-refractivity contribution in [2.45, 2.75) is 20.8 Å². The summed E-state index contributed by atoms with van der Waals surface area (Å²) in [6.07, 6.45) is 0. The lowest BCUT2D eigenvalue weighted by atomic mass is 10.1. The molecule has 0 aliphatic heterocycles. The highest BCUT2D eigenvalue weighted by Gasteiger charge is 2.12. The SMILES string of the molecule is CCNCC(C)C(=O)Nc1ccc(O)c(C)c1. The number of aryl methyl sites for hydroxylation is 1. The first kappa shape index (κ1) is 13.5. The van der Waals surface area contributed by atoms with Gasteiger partial charge in [-0.05, 0) is 37.2 Å². The van der Waals surface area contributed by atoms with Gasteiger partial charge in [-0.1, -0.05) is 13.8 Å². The molecule has 0 bridgehead atoms. The second-order valence-electron chi connectivity index (χ2n) is 4.20. The first-order chi connectivity index (χ1) is 8.04. The second kappa shape index (κ2) is 6.25. The third kappa shape index (κ3) is 4.07. The van der Waals surface area contributed by atoms with Crippen LogP contribution in [0.2, 0.25) is 0 Å². The fraction of sp³-hybridized carbons (Fsp3) is 0.462. The summed E-state index contributed by atoms with van der Waals surface area (Å²) < 4.78 is 0. The number of phenolic OH excluding ortho intramolecular Hbond substituents is 1. The summed E-state index contributed by atoms with van der Waals surface area (Å²) in [7, 11) is 0. The summed E-state index contributed by atoms with van der Waals surface area (Å²) in [5.41, 5.74) is 1.47. The number of phenols is 1. The first-order valence-corrected chi connectivity index (χ1v) is 5.85. The van der Waals surface area contributed by atoms with Gasteiger partial charge in [0, 0.05) is 18.2 Å². The smallest absolute Gasteiger partial charge is 0.228 e. The Labute approximate surface area is 102 Å². The predicted molar refractivity (Wildman–Crippen MR) is 69.2 cm³/mol. The third-order valence-electron chi connectivity index (χ3n) is 2.61. The van der Waals surface area contributed by atoms with Gasteiger partial charge in [0.05, 0.1) is 0 Å². The van der Waals surface area contributed by atoms with Gasteiger partial charge in [0.25, 0.3) is 0 Å². The molecule has 1 unspecified atom stereocenters. The van der Waals surface area contributed by atoms with Crippen LogP contribution in [-0.2, 0) is 4.79 Å². The van der Waals surface area contributed by atoms with E-state index in [4.69, 9.17) is 0 Å². The number of aromatic hydroxyl groups is 1. The standard InChI is InChI=1S/C13H20N2O2/c1-4-14-8-10(3)13(17)15-11-5-6-12(16)9(2)7-11/h5-7,10,14,16H,4,8H2,1-3H3,(H,15,17). The Morgan fingerprint density at radius 2 is 2.18 bits per heavy atom. The number of carbonyl (C=O) groups excluding carboxylic acids is 1. The Kier molecular flexibility index (Phi) is 4.97. The van der Waals surface area contributed by atoms with Gasteiger partial charge in [-0.25, -0.2) is 0 Å². The Bertz CT molecular complexity index is 391. The maximum atomic E-state index is 11.8. The van der Waals surface area contributed by atoms with Crippen LogP contribution in [0.1, 0.15) is 19.4 Å². The largest absolute Gasteiger partial charge is 0.508 e. The number of carbonyl (C=O) groups is 1. The summed E-state index contributed by atoms with van der Waals surface area (Å²) in [6.45, 7) is 7.21. The van der Waals surface area contributed by atoms with E-state index in [1.54, 1.807) is 25.1 Å². The lowest BCUT2D eigenvalue weighted by Gasteiger charge is -2.13. The molecule has 0 fully saturated rings. The Balaban J connectivity index is 2.58. The molecule has 0 radical (unpaired) electrons. The van der Waals surface area contributed by atoms with Crippen LogP contribution in [0, 0.1) is 12.8 Å². The molecular formula is C13H20N2O2. The molecule has 1 amide bonds. The summed E-state index contributed by atoms with van der Waals surface area (Å²) in [4.78, 5) is 11.8. The number of benzene rings is 1. The highest BCUT2D eigenvalue weighted by Crippen LogP contribution is 2.20. The van der Waals surface area contributed by atoms with Gasteiger partial charge in [0.15, 0.2) is 0 Å². The first-order valence-electron chi connectivity index (χ1n) is 5.85. The summed E-state index contributed by atoms with van der Waals surface area (Å²) in [5.74, 6) is 0.142. The zero-order valence-corrected chi connectivity index (χ0v) is 10.6. The summed E-state index contributed by atoms with van der Waals surface area (Å²) >= 11 is 0. The van der Waals surface area contributed by atoms with Crippen LogP contribution in [0.5, 0.6) is 5.75 Å². The monoisotopic (exact) mass is 236 g/mol. The van der Waals surface area contributed by atoms with Crippen LogP contribution in [0.3, 0.4) is 0 Å². The molecule has 94 valence electrons. The van der Waals surface area contributed by atoms with Gasteiger partial charge in [-0.15, -0.1) is 0 Å². The lowest BCUT2D eigenvalue weighted by molar-refractivity contribution is -0.119. The molecule has 1 aromatic carbocycles. The zero-order valence-electron chi connectivity index (χ0n) is 10.6. The van der Waals surface area contributed by atoms with Crippen molar-refractivity contribution in [1.82, 2.24) is 5.32 Å². The molecule has 17 heavy (non-hydrogen) atoms.